The normalized spacial score (nSPS) is 11.4. The molecule has 2 rings (SSSR count). The van der Waals surface area contributed by atoms with Gasteiger partial charge in [-0.2, -0.15) is 0 Å². The Morgan fingerprint density at radius 1 is 0.957 bits per heavy atom. The van der Waals surface area contributed by atoms with Crippen molar-refractivity contribution in [3.8, 4) is 0 Å². The summed E-state index contributed by atoms with van der Waals surface area (Å²) in [4.78, 5) is -0.107. The summed E-state index contributed by atoms with van der Waals surface area (Å²) in [5.74, 6) is 0. The Hall–Kier alpha value is -0.390. The van der Waals surface area contributed by atoms with Gasteiger partial charge in [0, 0.05) is 0 Å². The molecule has 0 radical (unpaired) electrons. The van der Waals surface area contributed by atoms with Crippen LogP contribution in [0.2, 0.25) is 0 Å². The van der Waals surface area contributed by atoms with Crippen LogP contribution in [-0.2, 0) is 23.0 Å². The average Bonchev–Trinajstić information content (AvgIpc) is 2.48. The molecule has 0 bridgehead atoms. The zero-order valence-electron chi connectivity index (χ0n) is 14.3. The van der Waals surface area contributed by atoms with Gasteiger partial charge in [-0.1, -0.05) is 44.9 Å². The molecular formula is C18H23NaO3S. The summed E-state index contributed by atoms with van der Waals surface area (Å²) in [7, 11) is -4.45. The van der Waals surface area contributed by atoms with Crippen molar-refractivity contribution >= 4 is 20.9 Å². The van der Waals surface area contributed by atoms with Crippen molar-refractivity contribution < 1.29 is 42.5 Å². The molecule has 0 spiro atoms. The SMILES string of the molecule is CCCCc1cc2cccc(S(=O)(=O)[O-])c2cc1CCCC.[Na+]. The molecule has 0 unspecified atom stereocenters. The molecule has 3 nitrogen and oxygen atoms in total. The molecule has 0 saturated carbocycles. The van der Waals surface area contributed by atoms with E-state index in [0.717, 1.165) is 43.9 Å². The minimum Gasteiger partial charge on any atom is -0.744 e. The van der Waals surface area contributed by atoms with Crippen LogP contribution in [0.15, 0.2) is 35.2 Å². The van der Waals surface area contributed by atoms with E-state index < -0.39 is 10.1 Å². The summed E-state index contributed by atoms with van der Waals surface area (Å²) in [6, 6.07) is 8.90. The van der Waals surface area contributed by atoms with Gasteiger partial charge in [-0.15, -0.1) is 0 Å². The second-order valence-corrected chi connectivity index (χ2v) is 7.11. The van der Waals surface area contributed by atoms with Crippen LogP contribution >= 0.6 is 0 Å². The Balaban J connectivity index is 0.00000264. The largest absolute Gasteiger partial charge is 1.00 e. The van der Waals surface area contributed by atoms with Crippen molar-refractivity contribution in [1.29, 1.82) is 0 Å². The third-order valence-corrected chi connectivity index (χ3v) is 4.92. The van der Waals surface area contributed by atoms with Gasteiger partial charge in [-0.3, -0.25) is 0 Å². The molecule has 0 N–H and O–H groups in total. The van der Waals surface area contributed by atoms with E-state index in [1.807, 2.05) is 12.1 Å². The van der Waals surface area contributed by atoms with Crippen LogP contribution < -0.4 is 29.6 Å². The first-order valence-corrected chi connectivity index (χ1v) is 9.38. The van der Waals surface area contributed by atoms with E-state index in [4.69, 9.17) is 0 Å². The molecule has 120 valence electrons. The third kappa shape index (κ3) is 5.30. The Morgan fingerprint density at radius 2 is 1.52 bits per heavy atom. The maximum atomic E-state index is 11.5. The molecule has 0 saturated heterocycles. The second kappa shape index (κ2) is 9.19. The van der Waals surface area contributed by atoms with Crippen molar-refractivity contribution in [1.82, 2.24) is 0 Å². The standard InChI is InChI=1S/C18H24O3S.Na/c1-3-5-8-14-12-16-10-7-11-18(22(19,20)21)17(16)13-15(14)9-6-4-2;/h7,10-13H,3-6,8-9H2,1-2H3,(H,19,20,21);/q;+1/p-1. The number of hydrogen-bond donors (Lipinski definition) is 0. The molecule has 0 aliphatic rings. The predicted molar refractivity (Wildman–Crippen MR) is 89.1 cm³/mol. The van der Waals surface area contributed by atoms with Gasteiger partial charge < -0.3 is 4.55 Å². The number of aryl methyl sites for hydroxylation is 2. The number of unbranched alkanes of at least 4 members (excludes halogenated alkanes) is 2. The summed E-state index contributed by atoms with van der Waals surface area (Å²) < 4.78 is 34.4. The van der Waals surface area contributed by atoms with Crippen LogP contribution in [0.3, 0.4) is 0 Å². The van der Waals surface area contributed by atoms with Crippen molar-refractivity contribution in [2.24, 2.45) is 0 Å². The van der Waals surface area contributed by atoms with E-state index in [9.17, 15) is 13.0 Å². The summed E-state index contributed by atoms with van der Waals surface area (Å²) in [6.45, 7) is 4.30. The van der Waals surface area contributed by atoms with Crippen LogP contribution in [0.5, 0.6) is 0 Å². The van der Waals surface area contributed by atoms with E-state index >= 15 is 0 Å². The Labute approximate surface area is 161 Å². The van der Waals surface area contributed by atoms with E-state index in [-0.39, 0.29) is 34.5 Å². The molecule has 2 aromatic rings. The summed E-state index contributed by atoms with van der Waals surface area (Å²) in [5, 5.41) is 1.40. The zero-order chi connectivity index (χ0) is 16.2. The molecule has 0 aliphatic carbocycles. The van der Waals surface area contributed by atoms with Gasteiger partial charge in [0.2, 0.25) is 0 Å². The molecule has 23 heavy (non-hydrogen) atoms. The van der Waals surface area contributed by atoms with Gasteiger partial charge in [-0.25, -0.2) is 8.42 Å². The molecule has 0 atom stereocenters. The maximum absolute atomic E-state index is 11.5. The predicted octanol–water partition coefficient (Wildman–Crippen LogP) is 1.43. The fraction of sp³-hybridized carbons (Fsp3) is 0.444. The number of fused-ring (bicyclic) bond motifs is 1. The topological polar surface area (TPSA) is 57.2 Å². The fourth-order valence-corrected chi connectivity index (χ4v) is 3.50. The van der Waals surface area contributed by atoms with Crippen LogP contribution in [0.4, 0.5) is 0 Å². The first-order chi connectivity index (χ1) is 10.5. The minimum absolute atomic E-state index is 0. The van der Waals surface area contributed by atoms with Crippen LogP contribution in [-0.4, -0.2) is 13.0 Å². The first kappa shape index (κ1) is 20.7. The van der Waals surface area contributed by atoms with Crippen molar-refractivity contribution in [2.45, 2.75) is 57.3 Å². The fourth-order valence-electron chi connectivity index (χ4n) is 2.81. The van der Waals surface area contributed by atoms with Crippen molar-refractivity contribution in [3.63, 3.8) is 0 Å². The smallest absolute Gasteiger partial charge is 0.744 e. The summed E-state index contributed by atoms with van der Waals surface area (Å²) in [6.07, 6.45) is 6.33. The van der Waals surface area contributed by atoms with Crippen LogP contribution in [0, 0.1) is 0 Å². The molecule has 0 amide bonds. The first-order valence-electron chi connectivity index (χ1n) is 7.97. The van der Waals surface area contributed by atoms with Gasteiger partial charge >= 0.3 is 29.6 Å². The molecule has 0 aliphatic heterocycles. The van der Waals surface area contributed by atoms with Crippen LogP contribution in [0.25, 0.3) is 10.8 Å². The molecule has 5 heteroatoms. The third-order valence-electron chi connectivity index (χ3n) is 4.03. The van der Waals surface area contributed by atoms with E-state index in [2.05, 4.69) is 19.9 Å². The molecule has 0 heterocycles. The van der Waals surface area contributed by atoms with E-state index in [1.54, 1.807) is 6.07 Å². The Kier molecular flexibility index (Phi) is 8.25. The maximum Gasteiger partial charge on any atom is 1.00 e. The Bertz CT molecular complexity index is 754. The molecular weight excluding hydrogens is 319 g/mol. The van der Waals surface area contributed by atoms with Crippen molar-refractivity contribution in [3.05, 3.63) is 41.5 Å². The van der Waals surface area contributed by atoms with Crippen LogP contribution in [0.1, 0.15) is 50.7 Å². The van der Waals surface area contributed by atoms with Gasteiger partial charge in [0.25, 0.3) is 0 Å². The molecule has 0 aromatic heterocycles. The van der Waals surface area contributed by atoms with E-state index in [0.29, 0.717) is 5.39 Å². The molecule has 0 fully saturated rings. The quantitative estimate of drug-likeness (QED) is 0.565. The average molecular weight is 342 g/mol. The number of rotatable bonds is 7. The number of benzene rings is 2. The van der Waals surface area contributed by atoms with Crippen molar-refractivity contribution in [2.75, 3.05) is 0 Å². The van der Waals surface area contributed by atoms with E-state index in [1.165, 1.54) is 17.2 Å². The summed E-state index contributed by atoms with van der Waals surface area (Å²) >= 11 is 0. The van der Waals surface area contributed by atoms with Gasteiger partial charge in [0.1, 0.15) is 10.1 Å². The second-order valence-electron chi connectivity index (χ2n) is 5.76. The monoisotopic (exact) mass is 342 g/mol. The zero-order valence-corrected chi connectivity index (χ0v) is 17.1. The Morgan fingerprint density at radius 3 is 2.04 bits per heavy atom. The van der Waals surface area contributed by atoms with Gasteiger partial charge in [-0.05, 0) is 59.7 Å². The molecule has 2 aromatic carbocycles. The minimum atomic E-state index is -4.45. The van der Waals surface area contributed by atoms with Gasteiger partial charge in [0.15, 0.2) is 0 Å². The number of hydrogen-bond acceptors (Lipinski definition) is 3. The summed E-state index contributed by atoms with van der Waals surface area (Å²) in [5.41, 5.74) is 2.46. The van der Waals surface area contributed by atoms with Gasteiger partial charge in [0.05, 0.1) is 4.90 Å².